The molecular formula is C22H26N4O2. The quantitative estimate of drug-likeness (QED) is 0.515. The second-order valence-electron chi connectivity index (χ2n) is 6.30. The number of anilines is 2. The van der Waals surface area contributed by atoms with Gasteiger partial charge in [-0.25, -0.2) is 4.98 Å². The predicted octanol–water partition coefficient (Wildman–Crippen LogP) is 4.21. The van der Waals surface area contributed by atoms with Crippen LogP contribution in [0.25, 0.3) is 11.3 Å². The predicted molar refractivity (Wildman–Crippen MR) is 113 cm³/mol. The van der Waals surface area contributed by atoms with Gasteiger partial charge in [0.05, 0.1) is 12.8 Å². The lowest BCUT2D eigenvalue weighted by Gasteiger charge is -2.12. The molecule has 0 aliphatic heterocycles. The van der Waals surface area contributed by atoms with Gasteiger partial charge in [0.25, 0.3) is 0 Å². The Hall–Kier alpha value is -3.12. The van der Waals surface area contributed by atoms with E-state index >= 15 is 0 Å². The van der Waals surface area contributed by atoms with Crippen LogP contribution in [0.3, 0.4) is 0 Å². The summed E-state index contributed by atoms with van der Waals surface area (Å²) in [5.41, 5.74) is 3.08. The van der Waals surface area contributed by atoms with Crippen LogP contribution in [-0.2, 0) is 11.3 Å². The molecule has 2 N–H and O–H groups in total. The Morgan fingerprint density at radius 2 is 1.68 bits per heavy atom. The maximum absolute atomic E-state index is 5.21. The van der Waals surface area contributed by atoms with E-state index in [0.29, 0.717) is 19.1 Å². The van der Waals surface area contributed by atoms with Gasteiger partial charge in [0.15, 0.2) is 0 Å². The molecule has 0 fully saturated rings. The third-order valence-electron chi connectivity index (χ3n) is 4.24. The third kappa shape index (κ3) is 5.69. The molecule has 2 aromatic carbocycles. The van der Waals surface area contributed by atoms with Crippen LogP contribution in [0.4, 0.5) is 11.8 Å². The van der Waals surface area contributed by atoms with E-state index in [9.17, 15) is 0 Å². The molecule has 1 aromatic heterocycles. The van der Waals surface area contributed by atoms with Gasteiger partial charge in [-0.05, 0) is 24.1 Å². The molecule has 0 spiro atoms. The molecule has 6 nitrogen and oxygen atoms in total. The molecule has 28 heavy (non-hydrogen) atoms. The number of nitrogens with one attached hydrogen (secondary N) is 2. The third-order valence-corrected chi connectivity index (χ3v) is 4.24. The molecule has 6 heteroatoms. The smallest absolute Gasteiger partial charge is 0.225 e. The summed E-state index contributed by atoms with van der Waals surface area (Å²) < 4.78 is 10.3. The lowest BCUT2D eigenvalue weighted by Crippen LogP contribution is -2.10. The minimum absolute atomic E-state index is 0.606. The molecule has 3 aromatic rings. The van der Waals surface area contributed by atoms with Gasteiger partial charge in [0, 0.05) is 38.4 Å². The van der Waals surface area contributed by atoms with Gasteiger partial charge in [-0.2, -0.15) is 4.98 Å². The van der Waals surface area contributed by atoms with Crippen molar-refractivity contribution in [2.75, 3.05) is 38.0 Å². The Labute approximate surface area is 166 Å². The van der Waals surface area contributed by atoms with Crippen LogP contribution >= 0.6 is 0 Å². The number of methoxy groups -OCH3 is 2. The van der Waals surface area contributed by atoms with Gasteiger partial charge in [-0.1, -0.05) is 42.5 Å². The van der Waals surface area contributed by atoms with Crippen LogP contribution < -0.4 is 15.4 Å². The van der Waals surface area contributed by atoms with Crippen LogP contribution in [0.15, 0.2) is 60.7 Å². The van der Waals surface area contributed by atoms with Crippen LogP contribution in [0.5, 0.6) is 5.75 Å². The lowest BCUT2D eigenvalue weighted by atomic mass is 10.1. The molecule has 0 saturated carbocycles. The first-order valence-corrected chi connectivity index (χ1v) is 9.32. The fraction of sp³-hybridized carbons (Fsp3) is 0.273. The molecule has 0 amide bonds. The van der Waals surface area contributed by atoms with E-state index in [1.807, 2.05) is 60.7 Å². The number of rotatable bonds is 10. The van der Waals surface area contributed by atoms with E-state index in [0.717, 1.165) is 41.4 Å². The standard InChI is InChI=1S/C22H26N4O2/c1-27-14-6-13-23-22-25-20(18-7-4-3-5-8-18)15-21(26-22)24-16-17-9-11-19(28-2)12-10-17/h3-5,7-12,15H,6,13-14,16H2,1-2H3,(H2,23,24,25,26). The molecule has 3 rings (SSSR count). The topological polar surface area (TPSA) is 68.3 Å². The summed E-state index contributed by atoms with van der Waals surface area (Å²) in [4.78, 5) is 9.27. The number of benzene rings is 2. The van der Waals surface area contributed by atoms with E-state index in [4.69, 9.17) is 9.47 Å². The minimum Gasteiger partial charge on any atom is -0.497 e. The van der Waals surface area contributed by atoms with Crippen molar-refractivity contribution in [2.45, 2.75) is 13.0 Å². The first-order chi connectivity index (χ1) is 13.8. The van der Waals surface area contributed by atoms with Gasteiger partial charge < -0.3 is 20.1 Å². The van der Waals surface area contributed by atoms with E-state index in [1.54, 1.807) is 14.2 Å². The molecule has 0 aliphatic rings. The van der Waals surface area contributed by atoms with Gasteiger partial charge in [-0.15, -0.1) is 0 Å². The number of hydrogen-bond donors (Lipinski definition) is 2. The highest BCUT2D eigenvalue weighted by Gasteiger charge is 2.07. The number of nitrogens with zero attached hydrogens (tertiary/aromatic N) is 2. The molecule has 146 valence electrons. The number of aromatic nitrogens is 2. The highest BCUT2D eigenvalue weighted by molar-refractivity contribution is 5.64. The lowest BCUT2D eigenvalue weighted by molar-refractivity contribution is 0.197. The maximum atomic E-state index is 5.21. The zero-order valence-corrected chi connectivity index (χ0v) is 16.3. The fourth-order valence-electron chi connectivity index (χ4n) is 2.73. The van der Waals surface area contributed by atoms with Crippen molar-refractivity contribution in [3.05, 3.63) is 66.2 Å². The Balaban J connectivity index is 1.75. The second kappa shape index (κ2) is 10.3. The van der Waals surface area contributed by atoms with Crippen LogP contribution in [0, 0.1) is 0 Å². The van der Waals surface area contributed by atoms with Crippen LogP contribution in [0.2, 0.25) is 0 Å². The Kier molecular flexibility index (Phi) is 7.21. The zero-order valence-electron chi connectivity index (χ0n) is 16.3. The molecule has 0 radical (unpaired) electrons. The summed E-state index contributed by atoms with van der Waals surface area (Å²) in [6, 6.07) is 20.1. The summed E-state index contributed by atoms with van der Waals surface area (Å²) in [6.45, 7) is 2.12. The zero-order chi connectivity index (χ0) is 19.6. The molecule has 1 heterocycles. The molecular weight excluding hydrogens is 352 g/mol. The average molecular weight is 378 g/mol. The summed E-state index contributed by atoms with van der Waals surface area (Å²) in [5.74, 6) is 2.23. The Morgan fingerprint density at radius 3 is 2.39 bits per heavy atom. The SMILES string of the molecule is COCCCNc1nc(NCc2ccc(OC)cc2)cc(-c2ccccc2)n1. The summed E-state index contributed by atoms with van der Waals surface area (Å²) in [6.07, 6.45) is 0.893. The van der Waals surface area contributed by atoms with Crippen molar-refractivity contribution < 1.29 is 9.47 Å². The number of hydrogen-bond acceptors (Lipinski definition) is 6. The minimum atomic E-state index is 0.606. The number of ether oxygens (including phenoxy) is 2. The summed E-state index contributed by atoms with van der Waals surface area (Å²) >= 11 is 0. The van der Waals surface area contributed by atoms with Crippen LogP contribution in [0.1, 0.15) is 12.0 Å². The van der Waals surface area contributed by atoms with E-state index in [1.165, 1.54) is 0 Å². The van der Waals surface area contributed by atoms with Gasteiger partial charge >= 0.3 is 0 Å². The van der Waals surface area contributed by atoms with Crippen molar-refractivity contribution in [3.63, 3.8) is 0 Å². The van der Waals surface area contributed by atoms with Gasteiger partial charge in [-0.3, -0.25) is 0 Å². The van der Waals surface area contributed by atoms with Crippen molar-refractivity contribution in [1.29, 1.82) is 0 Å². The Bertz CT molecular complexity index is 854. The van der Waals surface area contributed by atoms with Gasteiger partial charge in [0.1, 0.15) is 11.6 Å². The van der Waals surface area contributed by atoms with Crippen molar-refractivity contribution >= 4 is 11.8 Å². The molecule has 0 bridgehead atoms. The van der Waals surface area contributed by atoms with Crippen molar-refractivity contribution in [1.82, 2.24) is 9.97 Å². The second-order valence-corrected chi connectivity index (χ2v) is 6.30. The van der Waals surface area contributed by atoms with E-state index in [2.05, 4.69) is 20.6 Å². The monoisotopic (exact) mass is 378 g/mol. The average Bonchev–Trinajstić information content (AvgIpc) is 2.76. The fourth-order valence-corrected chi connectivity index (χ4v) is 2.73. The largest absolute Gasteiger partial charge is 0.497 e. The van der Waals surface area contributed by atoms with Crippen LogP contribution in [-0.4, -0.2) is 37.3 Å². The summed E-state index contributed by atoms with van der Waals surface area (Å²) in [7, 11) is 3.37. The van der Waals surface area contributed by atoms with Gasteiger partial charge in [0.2, 0.25) is 5.95 Å². The Morgan fingerprint density at radius 1 is 0.893 bits per heavy atom. The first kappa shape index (κ1) is 19.6. The van der Waals surface area contributed by atoms with E-state index < -0.39 is 0 Å². The molecule has 0 saturated heterocycles. The van der Waals surface area contributed by atoms with E-state index in [-0.39, 0.29) is 0 Å². The maximum Gasteiger partial charge on any atom is 0.225 e. The normalized spacial score (nSPS) is 10.5. The highest BCUT2D eigenvalue weighted by atomic mass is 16.5. The molecule has 0 atom stereocenters. The molecule has 0 unspecified atom stereocenters. The molecule has 0 aliphatic carbocycles. The van der Waals surface area contributed by atoms with Crippen molar-refractivity contribution in [2.24, 2.45) is 0 Å². The first-order valence-electron chi connectivity index (χ1n) is 9.32. The highest BCUT2D eigenvalue weighted by Crippen LogP contribution is 2.22. The van der Waals surface area contributed by atoms with Crippen molar-refractivity contribution in [3.8, 4) is 17.0 Å². The summed E-state index contributed by atoms with van der Waals surface area (Å²) in [5, 5.41) is 6.68.